The number of benzene rings is 3. The fourth-order valence-corrected chi connectivity index (χ4v) is 7.29. The second-order valence-corrected chi connectivity index (χ2v) is 14.7. The summed E-state index contributed by atoms with van der Waals surface area (Å²) < 4.78 is 17.7. The second kappa shape index (κ2) is 15.1. The summed E-state index contributed by atoms with van der Waals surface area (Å²) >= 11 is 0. The maximum atomic E-state index is 6.22. The molecule has 2 aliphatic heterocycles. The number of unbranched alkanes of at least 4 members (excludes halogenated alkanes) is 2. The first-order valence-corrected chi connectivity index (χ1v) is 18.3. The number of ether oxygens (including phenoxy) is 3. The quantitative estimate of drug-likeness (QED) is 0.256. The molecule has 3 nitrogen and oxygen atoms in total. The van der Waals surface area contributed by atoms with Crippen molar-refractivity contribution >= 4 is 5.57 Å². The minimum absolute atomic E-state index is 0.0120. The van der Waals surface area contributed by atoms with Crippen LogP contribution in [0.4, 0.5) is 0 Å². The van der Waals surface area contributed by atoms with Crippen LogP contribution in [-0.2, 0) is 25.6 Å². The maximum Gasteiger partial charge on any atom is 0.305 e. The number of allylic oxidation sites excluding steroid dienone is 3. The molecule has 0 bridgehead atoms. The Morgan fingerprint density at radius 2 is 1.27 bits per heavy atom. The van der Waals surface area contributed by atoms with E-state index in [1.165, 1.54) is 65.5 Å². The highest BCUT2D eigenvalue weighted by molar-refractivity contribution is 5.84. The third-order valence-electron chi connectivity index (χ3n) is 10.4. The standard InChI is InChI=1S/C18H18O.C15H10O2.C9H18.C4H10/c1-17(2)11-12-19-18(17)15-9-5-3-7-13(15)14-8-4-6-10-16(14)18;1-3-7-13-11(5-1)12-6-2-4-8-14(12)15(13)16-9-10-17-15;1-5-7-8-9(3,4)6-2;1-3-4-2/h3,5-7,9-12H,4,8H2,1-2H3;1-10H;6H,2,5,7-8H2,1,3-4H3;3-4H2,1-2H3. The molecule has 49 heavy (non-hydrogen) atoms. The smallest absolute Gasteiger partial charge is 0.305 e. The lowest BCUT2D eigenvalue weighted by molar-refractivity contribution is -0.109. The molecule has 0 aromatic heterocycles. The molecule has 1 atom stereocenters. The van der Waals surface area contributed by atoms with E-state index in [2.05, 4.69) is 122 Å². The Balaban J connectivity index is 0.000000144. The van der Waals surface area contributed by atoms with Crippen molar-refractivity contribution in [3.05, 3.63) is 150 Å². The molecule has 0 amide bonds. The molecule has 0 saturated carbocycles. The van der Waals surface area contributed by atoms with Gasteiger partial charge in [0.2, 0.25) is 0 Å². The van der Waals surface area contributed by atoms with Gasteiger partial charge < -0.3 is 14.2 Å². The maximum absolute atomic E-state index is 6.22. The third kappa shape index (κ3) is 6.70. The molecule has 1 unspecified atom stereocenters. The first-order valence-electron chi connectivity index (χ1n) is 18.3. The highest BCUT2D eigenvalue weighted by Crippen LogP contribution is 2.61. The van der Waals surface area contributed by atoms with Crippen molar-refractivity contribution in [2.45, 2.75) is 105 Å². The predicted molar refractivity (Wildman–Crippen MR) is 205 cm³/mol. The van der Waals surface area contributed by atoms with Gasteiger partial charge in [0.25, 0.3) is 0 Å². The van der Waals surface area contributed by atoms with Crippen molar-refractivity contribution < 1.29 is 14.2 Å². The Hall–Kier alpha value is -4.24. The normalized spacial score (nSPS) is 20.2. The minimum Gasteiger partial charge on any atom is -0.485 e. The zero-order valence-electron chi connectivity index (χ0n) is 30.9. The Bertz CT molecular complexity index is 1670. The monoisotopic (exact) mass is 656 g/mol. The topological polar surface area (TPSA) is 27.7 Å². The van der Waals surface area contributed by atoms with Gasteiger partial charge in [-0.2, -0.15) is 0 Å². The molecule has 5 aliphatic rings. The van der Waals surface area contributed by atoms with Crippen molar-refractivity contribution in [2.75, 3.05) is 0 Å². The third-order valence-corrected chi connectivity index (χ3v) is 10.4. The Morgan fingerprint density at radius 1 is 0.714 bits per heavy atom. The van der Waals surface area contributed by atoms with E-state index in [4.69, 9.17) is 14.2 Å². The van der Waals surface area contributed by atoms with Crippen molar-refractivity contribution in [3.8, 4) is 11.1 Å². The lowest BCUT2D eigenvalue weighted by Crippen LogP contribution is -2.39. The number of hydrogen-bond donors (Lipinski definition) is 0. The molecule has 0 radical (unpaired) electrons. The first kappa shape index (κ1) is 36.1. The minimum atomic E-state index is -0.757. The van der Waals surface area contributed by atoms with E-state index in [0.717, 1.165) is 24.0 Å². The van der Waals surface area contributed by atoms with Crippen LogP contribution in [0, 0.1) is 10.8 Å². The summed E-state index contributed by atoms with van der Waals surface area (Å²) in [5.74, 6) is -0.757. The van der Waals surface area contributed by atoms with Crippen LogP contribution in [0.25, 0.3) is 16.7 Å². The van der Waals surface area contributed by atoms with Gasteiger partial charge in [0.05, 0.1) is 6.26 Å². The van der Waals surface area contributed by atoms with E-state index in [0.29, 0.717) is 5.41 Å². The van der Waals surface area contributed by atoms with Crippen molar-refractivity contribution in [2.24, 2.45) is 10.8 Å². The van der Waals surface area contributed by atoms with E-state index in [1.807, 2.05) is 36.6 Å². The molecule has 258 valence electrons. The van der Waals surface area contributed by atoms with E-state index in [9.17, 15) is 0 Å². The van der Waals surface area contributed by atoms with E-state index in [1.54, 1.807) is 12.5 Å². The second-order valence-electron chi connectivity index (χ2n) is 14.7. The first-order chi connectivity index (χ1) is 23.6. The van der Waals surface area contributed by atoms with Crippen LogP contribution < -0.4 is 0 Å². The molecule has 3 aromatic rings. The summed E-state index contributed by atoms with van der Waals surface area (Å²) in [6.45, 7) is 19.4. The Kier molecular flexibility index (Phi) is 11.1. The van der Waals surface area contributed by atoms with Gasteiger partial charge in [0.15, 0.2) is 5.60 Å². The predicted octanol–water partition coefficient (Wildman–Crippen LogP) is 13.2. The van der Waals surface area contributed by atoms with Crippen LogP contribution in [0.5, 0.6) is 0 Å². The van der Waals surface area contributed by atoms with Gasteiger partial charge in [-0.1, -0.05) is 165 Å². The Labute approximate surface area is 296 Å². The van der Waals surface area contributed by atoms with Crippen LogP contribution in [0.3, 0.4) is 0 Å². The zero-order valence-corrected chi connectivity index (χ0v) is 30.9. The van der Waals surface area contributed by atoms with Crippen molar-refractivity contribution in [1.29, 1.82) is 0 Å². The van der Waals surface area contributed by atoms with Gasteiger partial charge in [-0.05, 0) is 53.0 Å². The summed E-state index contributed by atoms with van der Waals surface area (Å²) in [5.41, 5.74) is 10.1. The van der Waals surface area contributed by atoms with Gasteiger partial charge in [-0.3, -0.25) is 0 Å². The van der Waals surface area contributed by atoms with Gasteiger partial charge in [-0.25, -0.2) is 0 Å². The average Bonchev–Trinajstić information content (AvgIpc) is 3.89. The van der Waals surface area contributed by atoms with Crippen LogP contribution in [0.15, 0.2) is 128 Å². The molecule has 0 fully saturated rings. The van der Waals surface area contributed by atoms with Crippen molar-refractivity contribution in [1.82, 2.24) is 0 Å². The molecule has 8 rings (SSSR count). The lowest BCUT2D eigenvalue weighted by atomic mass is 9.69. The fourth-order valence-electron chi connectivity index (χ4n) is 7.29. The molecule has 3 aliphatic carbocycles. The molecule has 2 heterocycles. The summed E-state index contributed by atoms with van der Waals surface area (Å²) in [6, 6.07) is 25.2. The van der Waals surface area contributed by atoms with E-state index < -0.39 is 5.79 Å². The molecule has 0 saturated heterocycles. The van der Waals surface area contributed by atoms with E-state index >= 15 is 0 Å². The highest BCUT2D eigenvalue weighted by Gasteiger charge is 2.57. The van der Waals surface area contributed by atoms with Gasteiger partial charge >= 0.3 is 5.79 Å². The van der Waals surface area contributed by atoms with Gasteiger partial charge in [0, 0.05) is 27.7 Å². The number of rotatable bonds is 5. The largest absolute Gasteiger partial charge is 0.485 e. The van der Waals surface area contributed by atoms with Crippen LogP contribution in [-0.4, -0.2) is 0 Å². The summed E-state index contributed by atoms with van der Waals surface area (Å²) in [4.78, 5) is 0. The summed E-state index contributed by atoms with van der Waals surface area (Å²) in [7, 11) is 0. The van der Waals surface area contributed by atoms with Crippen molar-refractivity contribution in [3.63, 3.8) is 0 Å². The fraction of sp³-hybridized carbons (Fsp3) is 0.391. The van der Waals surface area contributed by atoms with Crippen LogP contribution in [0.2, 0.25) is 0 Å². The number of fused-ring (bicyclic) bond motifs is 9. The molecular formula is C46H56O3. The Morgan fingerprint density at radius 3 is 1.78 bits per heavy atom. The van der Waals surface area contributed by atoms with Crippen LogP contribution in [0.1, 0.15) is 116 Å². The SMILES string of the molecule is C1=COC2(O1)c1ccccc1-c1ccccc12.C=CC(C)(C)CCCC.CC1(C)C=COC12C1=C(CCC=C1)c1ccccc12.CCCC. The molecule has 0 N–H and O–H groups in total. The zero-order chi connectivity index (χ0) is 35.1. The molecule has 3 heteroatoms. The highest BCUT2D eigenvalue weighted by atomic mass is 16.7. The van der Waals surface area contributed by atoms with Crippen LogP contribution >= 0.6 is 0 Å². The summed E-state index contributed by atoms with van der Waals surface area (Å²) in [5, 5.41) is 0. The van der Waals surface area contributed by atoms with Gasteiger partial charge in [0.1, 0.15) is 12.5 Å². The summed E-state index contributed by atoms with van der Waals surface area (Å²) in [6.07, 6.45) is 22.7. The average molecular weight is 657 g/mol. The van der Waals surface area contributed by atoms with Gasteiger partial charge in [-0.15, -0.1) is 6.58 Å². The molecule has 2 spiro atoms. The molecule has 3 aromatic carbocycles. The number of hydrogen-bond acceptors (Lipinski definition) is 3. The van der Waals surface area contributed by atoms with E-state index in [-0.39, 0.29) is 11.0 Å². The molecular weight excluding hydrogens is 601 g/mol. The lowest BCUT2D eigenvalue weighted by Gasteiger charge is -2.39.